The van der Waals surface area contributed by atoms with Crippen LogP contribution in [0.5, 0.6) is 0 Å². The fourth-order valence-corrected chi connectivity index (χ4v) is 2.81. The predicted molar refractivity (Wildman–Crippen MR) is 77.3 cm³/mol. The van der Waals surface area contributed by atoms with E-state index < -0.39 is 0 Å². The summed E-state index contributed by atoms with van der Waals surface area (Å²) >= 11 is 3.44. The number of halogens is 1. The van der Waals surface area contributed by atoms with E-state index in [4.69, 9.17) is 11.0 Å². The molecule has 1 aromatic carbocycles. The Morgan fingerprint density at radius 1 is 1.28 bits per heavy atom. The van der Waals surface area contributed by atoms with E-state index in [2.05, 4.69) is 27.3 Å². The van der Waals surface area contributed by atoms with Crippen molar-refractivity contribution >= 4 is 21.6 Å². The van der Waals surface area contributed by atoms with Gasteiger partial charge in [-0.25, -0.2) is 0 Å². The fourth-order valence-electron chi connectivity index (χ4n) is 2.45. The van der Waals surface area contributed by atoms with Gasteiger partial charge < -0.3 is 11.1 Å². The Kier molecular flexibility index (Phi) is 4.62. The molecule has 0 bridgehead atoms. The molecule has 2 rings (SSSR count). The second-order valence-electron chi connectivity index (χ2n) is 4.85. The van der Waals surface area contributed by atoms with Crippen LogP contribution in [0.2, 0.25) is 0 Å². The SMILES string of the molecule is N#Cc1ccc(Br)cc1NC1CCCCCC1N. The number of hydrogen-bond donors (Lipinski definition) is 2. The lowest BCUT2D eigenvalue weighted by Gasteiger charge is -2.24. The number of nitrogens with one attached hydrogen (secondary N) is 1. The molecule has 96 valence electrons. The molecule has 1 saturated carbocycles. The Labute approximate surface area is 116 Å². The highest BCUT2D eigenvalue weighted by Crippen LogP contribution is 2.25. The highest BCUT2D eigenvalue weighted by Gasteiger charge is 2.20. The third-order valence-corrected chi connectivity index (χ3v) is 4.01. The van der Waals surface area contributed by atoms with Crippen molar-refractivity contribution in [1.29, 1.82) is 5.26 Å². The van der Waals surface area contributed by atoms with Gasteiger partial charge in [-0.1, -0.05) is 35.2 Å². The van der Waals surface area contributed by atoms with Gasteiger partial charge in [-0.3, -0.25) is 0 Å². The normalized spacial score (nSPS) is 24.1. The van der Waals surface area contributed by atoms with E-state index >= 15 is 0 Å². The van der Waals surface area contributed by atoms with Crippen molar-refractivity contribution in [3.8, 4) is 6.07 Å². The summed E-state index contributed by atoms with van der Waals surface area (Å²) in [6.07, 6.45) is 5.83. The highest BCUT2D eigenvalue weighted by molar-refractivity contribution is 9.10. The third kappa shape index (κ3) is 3.24. The van der Waals surface area contributed by atoms with Crippen molar-refractivity contribution < 1.29 is 0 Å². The average Bonchev–Trinajstić information content (AvgIpc) is 2.55. The van der Waals surface area contributed by atoms with E-state index in [1.165, 1.54) is 19.3 Å². The van der Waals surface area contributed by atoms with Gasteiger partial charge in [0.1, 0.15) is 6.07 Å². The minimum Gasteiger partial charge on any atom is -0.380 e. The first kappa shape index (κ1) is 13.4. The van der Waals surface area contributed by atoms with Crippen molar-refractivity contribution in [3.63, 3.8) is 0 Å². The van der Waals surface area contributed by atoms with Gasteiger partial charge in [0.15, 0.2) is 0 Å². The summed E-state index contributed by atoms with van der Waals surface area (Å²) in [5, 5.41) is 12.6. The van der Waals surface area contributed by atoms with Gasteiger partial charge in [-0.05, 0) is 31.0 Å². The second kappa shape index (κ2) is 6.21. The smallest absolute Gasteiger partial charge is 0.101 e. The highest BCUT2D eigenvalue weighted by atomic mass is 79.9. The van der Waals surface area contributed by atoms with Crippen LogP contribution in [0.3, 0.4) is 0 Å². The first-order valence-electron chi connectivity index (χ1n) is 6.42. The molecule has 1 aliphatic carbocycles. The van der Waals surface area contributed by atoms with Crippen molar-refractivity contribution in [2.24, 2.45) is 5.73 Å². The quantitative estimate of drug-likeness (QED) is 0.823. The van der Waals surface area contributed by atoms with Gasteiger partial charge in [-0.2, -0.15) is 5.26 Å². The minimum absolute atomic E-state index is 0.179. The van der Waals surface area contributed by atoms with Crippen LogP contribution in [0.4, 0.5) is 5.69 Å². The maximum absolute atomic E-state index is 9.12. The van der Waals surface area contributed by atoms with Crippen LogP contribution in [-0.2, 0) is 0 Å². The second-order valence-corrected chi connectivity index (χ2v) is 5.77. The largest absolute Gasteiger partial charge is 0.380 e. The van der Waals surface area contributed by atoms with E-state index in [9.17, 15) is 0 Å². The molecule has 0 amide bonds. The number of hydrogen-bond acceptors (Lipinski definition) is 3. The Balaban J connectivity index is 2.17. The molecule has 3 nitrogen and oxygen atoms in total. The van der Waals surface area contributed by atoms with Gasteiger partial charge in [0.25, 0.3) is 0 Å². The summed E-state index contributed by atoms with van der Waals surface area (Å²) in [5.41, 5.74) is 7.76. The monoisotopic (exact) mass is 307 g/mol. The molecular formula is C14H18BrN3. The Hall–Kier alpha value is -1.05. The molecule has 0 heterocycles. The van der Waals surface area contributed by atoms with E-state index in [-0.39, 0.29) is 12.1 Å². The van der Waals surface area contributed by atoms with E-state index in [0.29, 0.717) is 5.56 Å². The summed E-state index contributed by atoms with van der Waals surface area (Å²) in [5.74, 6) is 0. The molecule has 1 fully saturated rings. The van der Waals surface area contributed by atoms with E-state index in [0.717, 1.165) is 23.0 Å². The lowest BCUT2D eigenvalue weighted by atomic mass is 10.0. The summed E-state index contributed by atoms with van der Waals surface area (Å²) in [6, 6.07) is 8.34. The van der Waals surface area contributed by atoms with Crippen LogP contribution in [0.1, 0.15) is 37.7 Å². The molecule has 0 spiro atoms. The molecule has 3 N–H and O–H groups in total. The molecule has 0 radical (unpaired) electrons. The third-order valence-electron chi connectivity index (χ3n) is 3.51. The average molecular weight is 308 g/mol. The number of nitrogens with zero attached hydrogens (tertiary/aromatic N) is 1. The lowest BCUT2D eigenvalue weighted by Crippen LogP contribution is -2.39. The van der Waals surface area contributed by atoms with Crippen LogP contribution in [0.25, 0.3) is 0 Å². The topological polar surface area (TPSA) is 61.8 Å². The zero-order valence-electron chi connectivity index (χ0n) is 10.3. The Morgan fingerprint density at radius 2 is 2.06 bits per heavy atom. The van der Waals surface area contributed by atoms with Crippen LogP contribution >= 0.6 is 15.9 Å². The summed E-state index contributed by atoms with van der Waals surface area (Å²) in [6.45, 7) is 0. The summed E-state index contributed by atoms with van der Waals surface area (Å²) in [4.78, 5) is 0. The number of benzene rings is 1. The summed E-state index contributed by atoms with van der Waals surface area (Å²) in [7, 11) is 0. The maximum atomic E-state index is 9.12. The maximum Gasteiger partial charge on any atom is 0.101 e. The van der Waals surface area contributed by atoms with Gasteiger partial charge in [0.2, 0.25) is 0 Å². The standard InChI is InChI=1S/C14H18BrN3/c15-11-7-6-10(9-16)14(8-11)18-13-5-3-1-2-4-12(13)17/h6-8,12-13,18H,1-5,17H2. The van der Waals surface area contributed by atoms with Crippen LogP contribution in [-0.4, -0.2) is 12.1 Å². The first-order chi connectivity index (χ1) is 8.70. The molecule has 0 aromatic heterocycles. The van der Waals surface area contributed by atoms with Gasteiger partial charge >= 0.3 is 0 Å². The zero-order chi connectivity index (χ0) is 13.0. The minimum atomic E-state index is 0.179. The number of nitriles is 1. The predicted octanol–water partition coefficient (Wildman–Crippen LogP) is 3.39. The number of nitrogens with two attached hydrogens (primary N) is 1. The zero-order valence-corrected chi connectivity index (χ0v) is 11.9. The van der Waals surface area contributed by atoms with Crippen molar-refractivity contribution in [2.75, 3.05) is 5.32 Å². The molecule has 0 aliphatic heterocycles. The molecule has 1 aromatic rings. The van der Waals surface area contributed by atoms with Crippen LogP contribution in [0.15, 0.2) is 22.7 Å². The van der Waals surface area contributed by atoms with Crippen molar-refractivity contribution in [1.82, 2.24) is 0 Å². The molecular weight excluding hydrogens is 290 g/mol. The van der Waals surface area contributed by atoms with Gasteiger partial charge in [0, 0.05) is 16.6 Å². The molecule has 4 heteroatoms. The van der Waals surface area contributed by atoms with Crippen LogP contribution in [0, 0.1) is 11.3 Å². The number of rotatable bonds is 2. The lowest BCUT2D eigenvalue weighted by molar-refractivity contribution is 0.528. The van der Waals surface area contributed by atoms with Gasteiger partial charge in [-0.15, -0.1) is 0 Å². The molecule has 18 heavy (non-hydrogen) atoms. The van der Waals surface area contributed by atoms with Gasteiger partial charge in [0.05, 0.1) is 11.3 Å². The molecule has 2 unspecified atom stereocenters. The molecule has 1 aliphatic rings. The molecule has 2 atom stereocenters. The molecule has 0 saturated heterocycles. The van der Waals surface area contributed by atoms with Crippen molar-refractivity contribution in [2.45, 2.75) is 44.2 Å². The van der Waals surface area contributed by atoms with Crippen LogP contribution < -0.4 is 11.1 Å². The first-order valence-corrected chi connectivity index (χ1v) is 7.22. The fraction of sp³-hybridized carbons (Fsp3) is 0.500. The summed E-state index contributed by atoms with van der Waals surface area (Å²) < 4.78 is 0.978. The van der Waals surface area contributed by atoms with E-state index in [1.807, 2.05) is 18.2 Å². The Bertz CT molecular complexity index is 453. The number of anilines is 1. The Morgan fingerprint density at radius 3 is 2.83 bits per heavy atom. The van der Waals surface area contributed by atoms with E-state index in [1.54, 1.807) is 0 Å². The van der Waals surface area contributed by atoms with Crippen molar-refractivity contribution in [3.05, 3.63) is 28.2 Å².